The smallest absolute Gasteiger partial charge is 0.339 e. The molecule has 0 spiro atoms. The van der Waals surface area contributed by atoms with Gasteiger partial charge in [-0.05, 0) is 79.8 Å². The van der Waals surface area contributed by atoms with Crippen molar-refractivity contribution in [2.24, 2.45) is 0 Å². The highest BCUT2D eigenvalue weighted by Gasteiger charge is 2.22. The van der Waals surface area contributed by atoms with Gasteiger partial charge in [-0.3, -0.25) is 4.79 Å². The zero-order valence-corrected chi connectivity index (χ0v) is 17.4. The van der Waals surface area contributed by atoms with E-state index in [4.69, 9.17) is 4.18 Å². The minimum absolute atomic E-state index is 0.159. The molecular formula is C22H20O4S2. The molecule has 0 N–H and O–H groups in total. The molecule has 0 fully saturated rings. The van der Waals surface area contributed by atoms with E-state index in [2.05, 4.69) is 0 Å². The molecule has 0 saturated carbocycles. The fourth-order valence-corrected chi connectivity index (χ4v) is 5.02. The number of carbonyl (C=O) groups excluding carboxylic acids is 1. The molecular weight excluding hydrogens is 392 g/mol. The summed E-state index contributed by atoms with van der Waals surface area (Å²) in [5, 5.41) is 1.94. The summed E-state index contributed by atoms with van der Waals surface area (Å²) in [6, 6.07) is 13.5. The zero-order valence-electron chi connectivity index (χ0n) is 15.8. The molecule has 4 nitrogen and oxygen atoms in total. The number of thiophene rings is 1. The van der Waals surface area contributed by atoms with E-state index in [1.54, 1.807) is 43.4 Å². The number of hydrogen-bond donors (Lipinski definition) is 0. The van der Waals surface area contributed by atoms with Gasteiger partial charge < -0.3 is 4.18 Å². The van der Waals surface area contributed by atoms with Gasteiger partial charge in [0.2, 0.25) is 0 Å². The van der Waals surface area contributed by atoms with Gasteiger partial charge >= 0.3 is 10.1 Å². The molecule has 6 heteroatoms. The summed E-state index contributed by atoms with van der Waals surface area (Å²) < 4.78 is 30.7. The first-order valence-corrected chi connectivity index (χ1v) is 10.9. The molecule has 1 heterocycles. The lowest BCUT2D eigenvalue weighted by atomic mass is 10.1. The Kier molecular flexibility index (Phi) is 5.82. The Morgan fingerprint density at radius 3 is 2.21 bits per heavy atom. The molecule has 144 valence electrons. The molecule has 2 aromatic carbocycles. The third-order valence-corrected chi connectivity index (χ3v) is 6.53. The summed E-state index contributed by atoms with van der Waals surface area (Å²) in [4.78, 5) is 13.4. The Labute approximate surface area is 169 Å². The van der Waals surface area contributed by atoms with Crippen LogP contribution in [0.5, 0.6) is 5.75 Å². The van der Waals surface area contributed by atoms with E-state index in [-0.39, 0.29) is 16.4 Å². The van der Waals surface area contributed by atoms with Crippen molar-refractivity contribution in [2.45, 2.75) is 25.7 Å². The van der Waals surface area contributed by atoms with Crippen molar-refractivity contribution in [1.82, 2.24) is 0 Å². The largest absolute Gasteiger partial charge is 0.379 e. The molecule has 0 aliphatic heterocycles. The van der Waals surface area contributed by atoms with Crippen molar-refractivity contribution >= 4 is 33.3 Å². The van der Waals surface area contributed by atoms with Crippen LogP contribution in [0.2, 0.25) is 0 Å². The van der Waals surface area contributed by atoms with Crippen LogP contribution in [0.15, 0.2) is 64.9 Å². The number of rotatable bonds is 6. The number of benzene rings is 2. The third-order valence-electron chi connectivity index (χ3n) is 4.14. The van der Waals surface area contributed by atoms with Crippen LogP contribution in [0.4, 0.5) is 0 Å². The van der Waals surface area contributed by atoms with Gasteiger partial charge in [0.15, 0.2) is 5.78 Å². The average molecular weight is 413 g/mol. The van der Waals surface area contributed by atoms with E-state index in [0.717, 1.165) is 10.4 Å². The lowest BCUT2D eigenvalue weighted by Gasteiger charge is -2.13. The number of allylic oxidation sites excluding steroid dienone is 1. The predicted octanol–water partition coefficient (Wildman–Crippen LogP) is 5.34. The molecule has 28 heavy (non-hydrogen) atoms. The van der Waals surface area contributed by atoms with E-state index >= 15 is 0 Å². The number of ketones is 1. The van der Waals surface area contributed by atoms with Crippen LogP contribution in [-0.4, -0.2) is 14.2 Å². The highest BCUT2D eigenvalue weighted by molar-refractivity contribution is 7.87. The summed E-state index contributed by atoms with van der Waals surface area (Å²) in [5.41, 5.74) is 2.73. The van der Waals surface area contributed by atoms with Crippen LogP contribution in [-0.2, 0) is 10.1 Å². The first-order chi connectivity index (χ1) is 13.3. The summed E-state index contributed by atoms with van der Waals surface area (Å²) in [7, 11) is -3.96. The third kappa shape index (κ3) is 4.58. The maximum atomic E-state index is 12.7. The second kappa shape index (κ2) is 8.12. The van der Waals surface area contributed by atoms with Crippen molar-refractivity contribution in [2.75, 3.05) is 0 Å². The number of carbonyl (C=O) groups is 1. The van der Waals surface area contributed by atoms with Gasteiger partial charge in [-0.2, -0.15) is 8.42 Å². The van der Waals surface area contributed by atoms with Gasteiger partial charge in [0, 0.05) is 10.4 Å². The quantitative estimate of drug-likeness (QED) is 0.312. The van der Waals surface area contributed by atoms with E-state index in [1.165, 1.54) is 18.2 Å². The van der Waals surface area contributed by atoms with Gasteiger partial charge in [-0.25, -0.2) is 0 Å². The minimum Gasteiger partial charge on any atom is -0.379 e. The molecule has 3 aromatic rings. The summed E-state index contributed by atoms with van der Waals surface area (Å²) in [6.45, 7) is 5.41. The Morgan fingerprint density at radius 2 is 1.64 bits per heavy atom. The normalized spacial score (nSPS) is 11.7. The van der Waals surface area contributed by atoms with E-state index in [0.29, 0.717) is 16.7 Å². The molecule has 3 rings (SSSR count). The minimum atomic E-state index is -3.96. The van der Waals surface area contributed by atoms with Gasteiger partial charge in [-0.15, -0.1) is 11.3 Å². The van der Waals surface area contributed by atoms with E-state index in [9.17, 15) is 13.2 Å². The second-order valence-electron chi connectivity index (χ2n) is 6.50. The summed E-state index contributed by atoms with van der Waals surface area (Å²) in [5.74, 6) is 0.00573. The summed E-state index contributed by atoms with van der Waals surface area (Å²) >= 11 is 1.54. The Morgan fingerprint density at radius 1 is 1.00 bits per heavy atom. The van der Waals surface area contributed by atoms with E-state index in [1.807, 2.05) is 36.6 Å². The standard InChI is InChI=1S/C22H20O4S2/c1-15-13-16(2)22(17(3)14-15)28(24,25)26-19-8-6-18(7-9-19)21(23)11-10-20-5-4-12-27-20/h4-14H,1-3H3/b11-10+. The second-order valence-corrected chi connectivity index (χ2v) is 8.97. The van der Waals surface area contributed by atoms with Crippen molar-refractivity contribution in [1.29, 1.82) is 0 Å². The van der Waals surface area contributed by atoms with Crippen molar-refractivity contribution in [3.63, 3.8) is 0 Å². The molecule has 1 aromatic heterocycles. The first kappa shape index (κ1) is 20.0. The van der Waals surface area contributed by atoms with Gasteiger partial charge in [0.25, 0.3) is 0 Å². The van der Waals surface area contributed by atoms with Crippen LogP contribution in [0.1, 0.15) is 31.9 Å². The fourth-order valence-electron chi connectivity index (χ4n) is 3.04. The van der Waals surface area contributed by atoms with Crippen molar-refractivity contribution < 1.29 is 17.4 Å². The van der Waals surface area contributed by atoms with Crippen molar-refractivity contribution in [3.05, 3.63) is 87.1 Å². The molecule has 0 aliphatic rings. The molecule has 0 unspecified atom stereocenters. The lowest BCUT2D eigenvalue weighted by Crippen LogP contribution is -2.13. The zero-order chi connectivity index (χ0) is 20.3. The Hall–Kier alpha value is -2.70. The molecule has 0 atom stereocenters. The summed E-state index contributed by atoms with van der Waals surface area (Å²) in [6.07, 6.45) is 3.25. The Balaban J connectivity index is 1.78. The van der Waals surface area contributed by atoms with Gasteiger partial charge in [-0.1, -0.05) is 23.8 Å². The Bertz CT molecular complexity index is 1100. The fraction of sp³-hybridized carbons (Fsp3) is 0.136. The molecule has 0 saturated heterocycles. The number of hydrogen-bond acceptors (Lipinski definition) is 5. The van der Waals surface area contributed by atoms with Crippen LogP contribution >= 0.6 is 11.3 Å². The van der Waals surface area contributed by atoms with Crippen LogP contribution in [0.3, 0.4) is 0 Å². The highest BCUT2D eigenvalue weighted by atomic mass is 32.2. The van der Waals surface area contributed by atoms with E-state index < -0.39 is 10.1 Å². The van der Waals surface area contributed by atoms with Gasteiger partial charge in [0.1, 0.15) is 10.6 Å². The maximum Gasteiger partial charge on any atom is 0.339 e. The topological polar surface area (TPSA) is 60.4 Å². The first-order valence-electron chi connectivity index (χ1n) is 8.64. The molecule has 0 radical (unpaired) electrons. The molecule has 0 aliphatic carbocycles. The van der Waals surface area contributed by atoms with Crippen LogP contribution < -0.4 is 4.18 Å². The average Bonchev–Trinajstić information content (AvgIpc) is 3.12. The van der Waals surface area contributed by atoms with Crippen molar-refractivity contribution in [3.8, 4) is 5.75 Å². The van der Waals surface area contributed by atoms with Crippen LogP contribution in [0, 0.1) is 20.8 Å². The monoisotopic (exact) mass is 412 g/mol. The molecule has 0 bridgehead atoms. The predicted molar refractivity (Wildman–Crippen MR) is 113 cm³/mol. The van der Waals surface area contributed by atoms with Gasteiger partial charge in [0.05, 0.1) is 0 Å². The highest BCUT2D eigenvalue weighted by Crippen LogP contribution is 2.26. The van der Waals surface area contributed by atoms with Crippen LogP contribution in [0.25, 0.3) is 6.08 Å². The SMILES string of the molecule is Cc1cc(C)c(S(=O)(=O)Oc2ccc(C(=O)/C=C/c3cccs3)cc2)c(C)c1. The molecule has 0 amide bonds. The number of aryl methyl sites for hydroxylation is 3. The maximum absolute atomic E-state index is 12.7. The lowest BCUT2D eigenvalue weighted by molar-refractivity contribution is 0.104.